The number of rotatable bonds is 8. The summed E-state index contributed by atoms with van der Waals surface area (Å²) in [5.41, 5.74) is 2.15. The minimum Gasteiger partial charge on any atom is -0.493 e. The summed E-state index contributed by atoms with van der Waals surface area (Å²) < 4.78 is 43.2. The Morgan fingerprint density at radius 3 is 2.16 bits per heavy atom. The van der Waals surface area contributed by atoms with Crippen LogP contribution in [0.25, 0.3) is 11.3 Å². The maximum Gasteiger partial charge on any atom is 0.323 e. The van der Waals surface area contributed by atoms with E-state index in [1.807, 2.05) is 0 Å². The fourth-order valence-corrected chi connectivity index (χ4v) is 3.47. The van der Waals surface area contributed by atoms with E-state index in [0.29, 0.717) is 40.1 Å². The SMILES string of the molecule is COc1cc(Nc2cncc(-c3ccc(NC(=O)Nc4cc(F)ccc4F)cc3)n2)cc(OC)c1OC. The lowest BCUT2D eigenvalue weighted by molar-refractivity contribution is 0.262. The number of anilines is 4. The number of hydrogen-bond donors (Lipinski definition) is 3. The van der Waals surface area contributed by atoms with Crippen LogP contribution in [0.3, 0.4) is 0 Å². The third-order valence-electron chi connectivity index (χ3n) is 5.19. The molecule has 1 aromatic heterocycles. The Morgan fingerprint density at radius 1 is 0.811 bits per heavy atom. The summed E-state index contributed by atoms with van der Waals surface area (Å²) in [5.74, 6) is 0.514. The average molecular weight is 507 g/mol. The van der Waals surface area contributed by atoms with Crippen molar-refractivity contribution in [1.82, 2.24) is 9.97 Å². The van der Waals surface area contributed by atoms with E-state index in [1.165, 1.54) is 21.3 Å². The molecule has 1 heterocycles. The first kappa shape index (κ1) is 25.2. The quantitative estimate of drug-likeness (QED) is 0.275. The fraction of sp³-hybridized carbons (Fsp3) is 0.115. The Hall–Kier alpha value is -4.93. The molecular formula is C26H23F2N5O4. The maximum absolute atomic E-state index is 13.7. The summed E-state index contributed by atoms with van der Waals surface area (Å²) in [6.45, 7) is 0. The topological polar surface area (TPSA) is 107 Å². The van der Waals surface area contributed by atoms with Crippen LogP contribution in [-0.2, 0) is 0 Å². The largest absolute Gasteiger partial charge is 0.493 e. The van der Waals surface area contributed by atoms with Gasteiger partial charge in [0, 0.05) is 35.1 Å². The van der Waals surface area contributed by atoms with E-state index in [1.54, 1.807) is 48.8 Å². The van der Waals surface area contributed by atoms with E-state index >= 15 is 0 Å². The number of aromatic nitrogens is 2. The number of urea groups is 1. The van der Waals surface area contributed by atoms with Crippen LogP contribution >= 0.6 is 0 Å². The van der Waals surface area contributed by atoms with Crippen LogP contribution in [0.1, 0.15) is 0 Å². The number of nitrogens with one attached hydrogen (secondary N) is 3. The van der Waals surface area contributed by atoms with Gasteiger partial charge in [-0.3, -0.25) is 4.98 Å². The van der Waals surface area contributed by atoms with E-state index in [-0.39, 0.29) is 5.69 Å². The molecule has 0 unspecified atom stereocenters. The molecule has 3 aromatic carbocycles. The highest BCUT2D eigenvalue weighted by molar-refractivity contribution is 5.99. The van der Waals surface area contributed by atoms with Crippen molar-refractivity contribution in [2.24, 2.45) is 0 Å². The van der Waals surface area contributed by atoms with Crippen LogP contribution in [0.4, 0.5) is 36.5 Å². The predicted molar refractivity (Wildman–Crippen MR) is 136 cm³/mol. The summed E-state index contributed by atoms with van der Waals surface area (Å²) in [4.78, 5) is 21.0. The highest BCUT2D eigenvalue weighted by Gasteiger charge is 2.14. The fourth-order valence-electron chi connectivity index (χ4n) is 3.47. The van der Waals surface area contributed by atoms with Crippen molar-refractivity contribution in [2.75, 3.05) is 37.3 Å². The van der Waals surface area contributed by atoms with Crippen LogP contribution in [0, 0.1) is 11.6 Å². The van der Waals surface area contributed by atoms with Crippen molar-refractivity contribution in [3.8, 4) is 28.5 Å². The van der Waals surface area contributed by atoms with Crippen LogP contribution < -0.4 is 30.2 Å². The first-order chi connectivity index (χ1) is 17.9. The van der Waals surface area contributed by atoms with Gasteiger partial charge in [-0.05, 0) is 24.3 Å². The zero-order valence-corrected chi connectivity index (χ0v) is 20.1. The van der Waals surface area contributed by atoms with Crippen LogP contribution in [0.5, 0.6) is 17.2 Å². The highest BCUT2D eigenvalue weighted by Crippen LogP contribution is 2.40. The third-order valence-corrected chi connectivity index (χ3v) is 5.19. The summed E-state index contributed by atoms with van der Waals surface area (Å²) in [7, 11) is 4.59. The zero-order valence-electron chi connectivity index (χ0n) is 20.1. The van der Waals surface area contributed by atoms with Crippen molar-refractivity contribution in [3.05, 3.63) is 78.6 Å². The zero-order chi connectivity index (χ0) is 26.4. The Morgan fingerprint density at radius 2 is 1.51 bits per heavy atom. The Labute approximate surface area is 211 Å². The summed E-state index contributed by atoms with van der Waals surface area (Å²) in [6, 6.07) is 12.4. The second kappa shape index (κ2) is 11.2. The van der Waals surface area contributed by atoms with Crippen molar-refractivity contribution >= 4 is 28.9 Å². The number of carbonyl (C=O) groups is 1. The molecule has 0 saturated carbocycles. The molecule has 0 atom stereocenters. The van der Waals surface area contributed by atoms with Crippen LogP contribution in [-0.4, -0.2) is 37.3 Å². The molecular weight excluding hydrogens is 484 g/mol. The Balaban J connectivity index is 1.46. The molecule has 0 radical (unpaired) electrons. The summed E-state index contributed by atoms with van der Waals surface area (Å²) in [6.07, 6.45) is 3.17. The van der Waals surface area contributed by atoms with Gasteiger partial charge in [0.2, 0.25) is 5.75 Å². The van der Waals surface area contributed by atoms with E-state index < -0.39 is 17.7 Å². The van der Waals surface area contributed by atoms with E-state index in [9.17, 15) is 13.6 Å². The lowest BCUT2D eigenvalue weighted by Gasteiger charge is -2.15. The number of halogens is 2. The van der Waals surface area contributed by atoms with Gasteiger partial charge in [0.25, 0.3) is 0 Å². The van der Waals surface area contributed by atoms with Gasteiger partial charge < -0.3 is 30.2 Å². The van der Waals surface area contributed by atoms with Crippen LogP contribution in [0.15, 0.2) is 67.0 Å². The maximum atomic E-state index is 13.7. The molecule has 0 saturated heterocycles. The van der Waals surface area contributed by atoms with Gasteiger partial charge in [-0.25, -0.2) is 18.6 Å². The number of hydrogen-bond acceptors (Lipinski definition) is 7. The van der Waals surface area contributed by atoms with Crippen molar-refractivity contribution < 1.29 is 27.8 Å². The van der Waals surface area contributed by atoms with Gasteiger partial charge in [-0.15, -0.1) is 0 Å². The van der Waals surface area contributed by atoms with Gasteiger partial charge in [-0.1, -0.05) is 12.1 Å². The molecule has 37 heavy (non-hydrogen) atoms. The molecule has 0 bridgehead atoms. The van der Waals surface area contributed by atoms with Crippen molar-refractivity contribution in [2.45, 2.75) is 0 Å². The van der Waals surface area contributed by atoms with Gasteiger partial charge in [0.05, 0.1) is 45.1 Å². The number of amides is 2. The number of ether oxygens (including phenoxy) is 3. The normalized spacial score (nSPS) is 10.4. The third kappa shape index (κ3) is 6.01. The second-order valence-electron chi connectivity index (χ2n) is 7.61. The number of nitrogens with zero attached hydrogens (tertiary/aromatic N) is 2. The first-order valence-corrected chi connectivity index (χ1v) is 10.9. The van der Waals surface area contributed by atoms with Crippen molar-refractivity contribution in [3.63, 3.8) is 0 Å². The van der Waals surface area contributed by atoms with Gasteiger partial charge >= 0.3 is 6.03 Å². The molecule has 2 amide bonds. The van der Waals surface area contributed by atoms with Crippen molar-refractivity contribution in [1.29, 1.82) is 0 Å². The lowest BCUT2D eigenvalue weighted by atomic mass is 10.1. The van der Waals surface area contributed by atoms with E-state index in [0.717, 1.165) is 23.8 Å². The van der Waals surface area contributed by atoms with Gasteiger partial charge in [0.1, 0.15) is 17.5 Å². The van der Waals surface area contributed by atoms with E-state index in [4.69, 9.17) is 14.2 Å². The molecule has 4 aromatic rings. The van der Waals surface area contributed by atoms with E-state index in [2.05, 4.69) is 25.9 Å². The lowest BCUT2D eigenvalue weighted by Crippen LogP contribution is -2.20. The smallest absolute Gasteiger partial charge is 0.323 e. The molecule has 4 rings (SSSR count). The molecule has 0 aliphatic heterocycles. The molecule has 11 heteroatoms. The Kier molecular flexibility index (Phi) is 7.62. The predicted octanol–water partition coefficient (Wildman–Crippen LogP) is 5.84. The molecule has 0 aliphatic carbocycles. The molecule has 0 fully saturated rings. The molecule has 3 N–H and O–H groups in total. The standard InChI is InChI=1S/C26H23F2N5O4/c1-35-22-11-18(12-23(36-2)25(22)37-3)30-24-14-29-13-21(32-24)15-4-7-17(8-5-15)31-26(34)33-20-10-16(27)6-9-19(20)28/h4-14H,1-3H3,(H,30,32)(H2,31,33,34). The van der Waals surface area contributed by atoms with Crippen LogP contribution in [0.2, 0.25) is 0 Å². The molecule has 9 nitrogen and oxygen atoms in total. The second-order valence-corrected chi connectivity index (χ2v) is 7.61. The minimum absolute atomic E-state index is 0.263. The number of benzene rings is 3. The Bertz CT molecular complexity index is 1390. The summed E-state index contributed by atoms with van der Waals surface area (Å²) >= 11 is 0. The highest BCUT2D eigenvalue weighted by atomic mass is 19.1. The minimum atomic E-state index is -0.745. The molecule has 0 spiro atoms. The molecule has 190 valence electrons. The average Bonchev–Trinajstić information content (AvgIpc) is 2.90. The summed E-state index contributed by atoms with van der Waals surface area (Å²) in [5, 5.41) is 8.02. The van der Waals surface area contributed by atoms with Gasteiger partial charge in [0.15, 0.2) is 11.5 Å². The molecule has 0 aliphatic rings. The monoisotopic (exact) mass is 507 g/mol. The first-order valence-electron chi connectivity index (χ1n) is 10.9. The number of carbonyl (C=O) groups excluding carboxylic acids is 1. The van der Waals surface area contributed by atoms with Gasteiger partial charge in [-0.2, -0.15) is 0 Å². The number of methoxy groups -OCH3 is 3.